The first-order valence-electron chi connectivity index (χ1n) is 4.25. The Morgan fingerprint density at radius 3 is 2.93 bits per heavy atom. The number of hydrogen-bond acceptors (Lipinski definition) is 5. The van der Waals surface area contributed by atoms with Gasteiger partial charge in [-0.1, -0.05) is 0 Å². The van der Waals surface area contributed by atoms with Crippen molar-refractivity contribution < 1.29 is 15.0 Å². The van der Waals surface area contributed by atoms with Crippen molar-refractivity contribution in [1.29, 1.82) is 0 Å². The first kappa shape index (κ1) is 10.0. The molecule has 6 nitrogen and oxygen atoms in total. The fourth-order valence-electron chi connectivity index (χ4n) is 1.40. The van der Waals surface area contributed by atoms with Crippen LogP contribution in [0.1, 0.15) is 16.3 Å². The van der Waals surface area contributed by atoms with E-state index in [9.17, 15) is 14.7 Å². The smallest absolute Gasteiger partial charge is 0.358 e. The minimum Gasteiger partial charge on any atom is -0.501 e. The normalized spacial score (nSPS) is 14.7. The standard InChI is InChI=1S/C8H8N2O4S/c11-6-5(8(13)14)9-4-3-15-2-1-10(4)7(6)12/h11H,1-3H2,(H,13,14). The maximum absolute atomic E-state index is 11.5. The lowest BCUT2D eigenvalue weighted by Crippen LogP contribution is -2.30. The van der Waals surface area contributed by atoms with Crippen molar-refractivity contribution in [2.75, 3.05) is 5.75 Å². The Morgan fingerprint density at radius 1 is 1.53 bits per heavy atom. The number of aromatic hydroxyl groups is 1. The summed E-state index contributed by atoms with van der Waals surface area (Å²) in [5.41, 5.74) is -1.23. The highest BCUT2D eigenvalue weighted by molar-refractivity contribution is 7.98. The fraction of sp³-hybridized carbons (Fsp3) is 0.375. The van der Waals surface area contributed by atoms with E-state index in [4.69, 9.17) is 5.11 Å². The van der Waals surface area contributed by atoms with E-state index in [1.807, 2.05) is 0 Å². The van der Waals surface area contributed by atoms with Crippen molar-refractivity contribution in [3.63, 3.8) is 0 Å². The molecule has 0 unspecified atom stereocenters. The quantitative estimate of drug-likeness (QED) is 0.697. The fourth-order valence-corrected chi connectivity index (χ4v) is 2.26. The van der Waals surface area contributed by atoms with Crippen LogP contribution in [0.15, 0.2) is 4.79 Å². The number of hydrogen-bond donors (Lipinski definition) is 2. The van der Waals surface area contributed by atoms with E-state index in [-0.39, 0.29) is 0 Å². The molecule has 80 valence electrons. The van der Waals surface area contributed by atoms with E-state index < -0.39 is 23.0 Å². The van der Waals surface area contributed by atoms with Gasteiger partial charge in [-0.05, 0) is 0 Å². The van der Waals surface area contributed by atoms with E-state index in [0.29, 0.717) is 18.1 Å². The Bertz CT molecular complexity index is 482. The van der Waals surface area contributed by atoms with Gasteiger partial charge in [0.05, 0.1) is 5.75 Å². The van der Waals surface area contributed by atoms with Crippen molar-refractivity contribution in [3.8, 4) is 5.75 Å². The molecular formula is C8H8N2O4S. The molecule has 0 radical (unpaired) electrons. The average Bonchev–Trinajstić information content (AvgIpc) is 2.23. The summed E-state index contributed by atoms with van der Waals surface area (Å²) in [5, 5.41) is 18.1. The van der Waals surface area contributed by atoms with Crippen LogP contribution >= 0.6 is 11.8 Å². The Kier molecular flexibility index (Phi) is 2.39. The lowest BCUT2D eigenvalue weighted by atomic mass is 10.3. The van der Waals surface area contributed by atoms with Gasteiger partial charge in [-0.2, -0.15) is 11.8 Å². The highest BCUT2D eigenvalue weighted by atomic mass is 32.2. The zero-order valence-corrected chi connectivity index (χ0v) is 8.45. The number of carboxylic acids is 1. The van der Waals surface area contributed by atoms with Gasteiger partial charge in [0.15, 0.2) is 5.69 Å². The first-order valence-corrected chi connectivity index (χ1v) is 5.40. The first-order chi connectivity index (χ1) is 7.11. The summed E-state index contributed by atoms with van der Waals surface area (Å²) in [6.07, 6.45) is 0. The van der Waals surface area contributed by atoms with E-state index in [0.717, 1.165) is 5.75 Å². The molecule has 0 saturated heterocycles. The average molecular weight is 228 g/mol. The summed E-state index contributed by atoms with van der Waals surface area (Å²) in [6.45, 7) is 0.458. The van der Waals surface area contributed by atoms with Crippen LogP contribution in [-0.2, 0) is 12.3 Å². The monoisotopic (exact) mass is 228 g/mol. The topological polar surface area (TPSA) is 92.4 Å². The summed E-state index contributed by atoms with van der Waals surface area (Å²) in [5.74, 6) is -0.496. The van der Waals surface area contributed by atoms with Crippen LogP contribution in [0.3, 0.4) is 0 Å². The second-order valence-electron chi connectivity index (χ2n) is 3.04. The van der Waals surface area contributed by atoms with Gasteiger partial charge in [-0.3, -0.25) is 9.36 Å². The highest BCUT2D eigenvalue weighted by Gasteiger charge is 2.22. The minimum atomic E-state index is -1.39. The molecule has 2 heterocycles. The Morgan fingerprint density at radius 2 is 2.27 bits per heavy atom. The molecular weight excluding hydrogens is 220 g/mol. The molecule has 1 aliphatic heterocycles. The van der Waals surface area contributed by atoms with Gasteiger partial charge < -0.3 is 10.2 Å². The molecule has 0 aliphatic carbocycles. The Labute approximate surface area is 88.6 Å². The number of aromatic carboxylic acids is 1. The molecule has 1 aromatic rings. The molecule has 0 fully saturated rings. The van der Waals surface area contributed by atoms with Crippen LogP contribution in [-0.4, -0.2) is 31.5 Å². The van der Waals surface area contributed by atoms with Crippen molar-refractivity contribution in [3.05, 3.63) is 21.9 Å². The summed E-state index contributed by atoms with van der Waals surface area (Å²) >= 11 is 1.58. The molecule has 0 spiro atoms. The molecule has 1 aromatic heterocycles. The van der Waals surface area contributed by atoms with Gasteiger partial charge in [-0.25, -0.2) is 9.78 Å². The molecule has 0 amide bonds. The predicted molar refractivity (Wildman–Crippen MR) is 53.3 cm³/mol. The molecule has 2 rings (SSSR count). The van der Waals surface area contributed by atoms with E-state index in [1.165, 1.54) is 4.57 Å². The van der Waals surface area contributed by atoms with Crippen molar-refractivity contribution in [2.45, 2.75) is 12.3 Å². The summed E-state index contributed by atoms with van der Waals surface area (Å²) in [4.78, 5) is 26.0. The molecule has 1 aliphatic rings. The number of carbonyl (C=O) groups is 1. The van der Waals surface area contributed by atoms with Crippen molar-refractivity contribution in [2.24, 2.45) is 0 Å². The van der Waals surface area contributed by atoms with E-state index >= 15 is 0 Å². The van der Waals surface area contributed by atoms with Crippen molar-refractivity contribution in [1.82, 2.24) is 9.55 Å². The largest absolute Gasteiger partial charge is 0.501 e. The third-order valence-electron chi connectivity index (χ3n) is 2.12. The van der Waals surface area contributed by atoms with Gasteiger partial charge in [0.1, 0.15) is 5.82 Å². The molecule has 15 heavy (non-hydrogen) atoms. The van der Waals surface area contributed by atoms with Gasteiger partial charge in [-0.15, -0.1) is 0 Å². The number of nitrogens with zero attached hydrogens (tertiary/aromatic N) is 2. The zero-order valence-electron chi connectivity index (χ0n) is 7.63. The summed E-state index contributed by atoms with van der Waals surface area (Å²) in [6, 6.07) is 0. The predicted octanol–water partition coefficient (Wildman–Crippen LogP) is -0.106. The van der Waals surface area contributed by atoms with Crippen LogP contribution < -0.4 is 5.56 Å². The highest BCUT2D eigenvalue weighted by Crippen LogP contribution is 2.18. The van der Waals surface area contributed by atoms with Crippen LogP contribution in [0, 0.1) is 0 Å². The third kappa shape index (κ3) is 1.58. The molecule has 0 atom stereocenters. The number of carboxylic acid groups (broad SMARTS) is 1. The zero-order chi connectivity index (χ0) is 11.0. The molecule has 7 heteroatoms. The van der Waals surface area contributed by atoms with Crippen molar-refractivity contribution >= 4 is 17.7 Å². The molecule has 0 bridgehead atoms. The van der Waals surface area contributed by atoms with Gasteiger partial charge in [0.25, 0.3) is 5.56 Å². The Balaban J connectivity index is 2.68. The molecule has 0 aromatic carbocycles. The number of fused-ring (bicyclic) bond motifs is 1. The Hall–Kier alpha value is -1.50. The maximum atomic E-state index is 11.5. The SMILES string of the molecule is O=C(O)c1nc2n(c(=O)c1O)CCSC2. The van der Waals surface area contributed by atoms with Crippen LogP contribution in [0.2, 0.25) is 0 Å². The second-order valence-corrected chi connectivity index (χ2v) is 4.14. The van der Waals surface area contributed by atoms with Crippen LogP contribution in [0.4, 0.5) is 0 Å². The van der Waals surface area contributed by atoms with Crippen LogP contribution in [0.5, 0.6) is 5.75 Å². The van der Waals surface area contributed by atoms with Crippen LogP contribution in [0.25, 0.3) is 0 Å². The van der Waals surface area contributed by atoms with Gasteiger partial charge in [0.2, 0.25) is 5.75 Å². The van der Waals surface area contributed by atoms with E-state index in [1.54, 1.807) is 11.8 Å². The van der Waals surface area contributed by atoms with Gasteiger partial charge in [0, 0.05) is 12.3 Å². The number of thioether (sulfide) groups is 1. The summed E-state index contributed by atoms with van der Waals surface area (Å²) < 4.78 is 1.32. The molecule has 2 N–H and O–H groups in total. The summed E-state index contributed by atoms with van der Waals surface area (Å²) in [7, 11) is 0. The molecule has 0 saturated carbocycles. The lowest BCUT2D eigenvalue weighted by Gasteiger charge is -2.17. The third-order valence-corrected chi connectivity index (χ3v) is 3.05. The number of rotatable bonds is 1. The lowest BCUT2D eigenvalue weighted by molar-refractivity contribution is 0.0685. The minimum absolute atomic E-state index is 0.409. The van der Waals surface area contributed by atoms with E-state index in [2.05, 4.69) is 4.98 Å². The second kappa shape index (κ2) is 3.58. The number of aromatic nitrogens is 2. The van der Waals surface area contributed by atoms with Gasteiger partial charge >= 0.3 is 5.97 Å². The maximum Gasteiger partial charge on any atom is 0.358 e.